The van der Waals surface area contributed by atoms with Crippen molar-refractivity contribution < 1.29 is 9.83 Å². The lowest BCUT2D eigenvalue weighted by Gasteiger charge is -2.31. The second-order valence-corrected chi connectivity index (χ2v) is 2.61. The molecular weight excluding hydrogens is 178 g/mol. The van der Waals surface area contributed by atoms with Gasteiger partial charge >= 0.3 is 5.91 Å². The van der Waals surface area contributed by atoms with E-state index < -0.39 is 16.7 Å². The summed E-state index contributed by atoms with van der Waals surface area (Å²) in [6, 6.07) is 0. The highest BCUT2D eigenvalue weighted by Crippen LogP contribution is 1.98. The normalized spacial score (nSPS) is 15.2. The van der Waals surface area contributed by atoms with E-state index in [4.69, 9.17) is 5.73 Å². The lowest BCUT2D eigenvalue weighted by Crippen LogP contribution is -2.70. The Bertz CT molecular complexity index is 218. The molecule has 1 amide bonds. The van der Waals surface area contributed by atoms with Crippen LogP contribution in [-0.2, 0) is 4.79 Å². The number of hydrogen-bond donors (Lipinski definition) is 3. The molecule has 0 aliphatic carbocycles. The number of rotatable bonds is 4. The van der Waals surface area contributed by atoms with Crippen LogP contribution in [0.2, 0.25) is 0 Å². The lowest BCUT2D eigenvalue weighted by molar-refractivity contribution is -0.531. The Morgan fingerprint density at radius 2 is 2.08 bits per heavy atom. The molecule has 0 aromatic carbocycles. The van der Waals surface area contributed by atoms with Gasteiger partial charge in [-0.05, 0) is 21.1 Å². The predicted molar refractivity (Wildman–Crippen MR) is 44.8 cm³/mol. The molecule has 8 heteroatoms. The molecule has 0 aromatic heterocycles. The minimum atomic E-state index is -1.58. The molecule has 0 rings (SSSR count). The molecule has 0 aromatic rings. The SMILES string of the molecule is CNC(N)(C(=O)N[N+](=O)[O-])N(C)C. The Balaban J connectivity index is 4.57. The largest absolute Gasteiger partial charge is 0.330 e. The molecule has 0 spiro atoms. The molecule has 0 aliphatic rings. The van der Waals surface area contributed by atoms with Crippen LogP contribution < -0.4 is 16.5 Å². The van der Waals surface area contributed by atoms with Gasteiger partial charge in [0.2, 0.25) is 5.79 Å². The fourth-order valence-corrected chi connectivity index (χ4v) is 0.708. The van der Waals surface area contributed by atoms with Crippen molar-refractivity contribution in [3.8, 4) is 0 Å². The standard InChI is InChI=1S/C5H13N5O3/c1-7-5(6,9(2)3)4(11)8-10(12)13/h7H,6H2,1-3H3,(H,8,11). The summed E-state index contributed by atoms with van der Waals surface area (Å²) in [5.41, 5.74) is 7.00. The maximum Gasteiger partial charge on any atom is 0.330 e. The fourth-order valence-electron chi connectivity index (χ4n) is 0.708. The van der Waals surface area contributed by atoms with Gasteiger partial charge in [0, 0.05) is 0 Å². The number of amides is 1. The first-order valence-corrected chi connectivity index (χ1v) is 3.45. The summed E-state index contributed by atoms with van der Waals surface area (Å²) in [7, 11) is 4.48. The van der Waals surface area contributed by atoms with Crippen molar-refractivity contribution in [2.24, 2.45) is 5.73 Å². The lowest BCUT2D eigenvalue weighted by atomic mass is 10.3. The number of nitrogens with two attached hydrogens (primary N) is 1. The van der Waals surface area contributed by atoms with Crippen molar-refractivity contribution in [3.05, 3.63) is 10.1 Å². The van der Waals surface area contributed by atoms with E-state index in [-0.39, 0.29) is 0 Å². The predicted octanol–water partition coefficient (Wildman–Crippen LogP) is -2.31. The van der Waals surface area contributed by atoms with Crippen molar-refractivity contribution in [1.29, 1.82) is 0 Å². The molecule has 76 valence electrons. The third-order valence-electron chi connectivity index (χ3n) is 1.63. The van der Waals surface area contributed by atoms with Crippen molar-refractivity contribution in [3.63, 3.8) is 0 Å². The maximum absolute atomic E-state index is 11.2. The molecule has 0 bridgehead atoms. The van der Waals surface area contributed by atoms with Crippen molar-refractivity contribution in [2.75, 3.05) is 21.1 Å². The first-order chi connectivity index (χ1) is 5.84. The zero-order chi connectivity index (χ0) is 10.6. The Labute approximate surface area is 75.2 Å². The average Bonchev–Trinajstić information content (AvgIpc) is 2.01. The molecule has 0 radical (unpaired) electrons. The fraction of sp³-hybridized carbons (Fsp3) is 0.800. The number of carbonyl (C=O) groups is 1. The zero-order valence-corrected chi connectivity index (χ0v) is 7.70. The highest BCUT2D eigenvalue weighted by Gasteiger charge is 2.37. The monoisotopic (exact) mass is 191 g/mol. The van der Waals surface area contributed by atoms with Gasteiger partial charge in [-0.2, -0.15) is 0 Å². The molecule has 0 heterocycles. The van der Waals surface area contributed by atoms with Crippen LogP contribution in [0.1, 0.15) is 0 Å². The van der Waals surface area contributed by atoms with Crippen molar-refractivity contribution in [2.45, 2.75) is 5.79 Å². The first-order valence-electron chi connectivity index (χ1n) is 3.45. The summed E-state index contributed by atoms with van der Waals surface area (Å²) < 4.78 is 0. The topological polar surface area (TPSA) is 114 Å². The van der Waals surface area contributed by atoms with E-state index in [2.05, 4.69) is 5.32 Å². The minimum Gasteiger partial charge on any atom is -0.292 e. The van der Waals surface area contributed by atoms with Crippen LogP contribution in [-0.4, -0.2) is 42.8 Å². The number of nitrogens with zero attached hydrogens (tertiary/aromatic N) is 2. The van der Waals surface area contributed by atoms with E-state index in [0.717, 1.165) is 0 Å². The van der Waals surface area contributed by atoms with Gasteiger partial charge in [-0.25, -0.2) is 10.1 Å². The van der Waals surface area contributed by atoms with Crippen LogP contribution >= 0.6 is 0 Å². The van der Waals surface area contributed by atoms with E-state index in [1.165, 1.54) is 31.5 Å². The average molecular weight is 191 g/mol. The number of hydrazine groups is 1. The van der Waals surface area contributed by atoms with Gasteiger partial charge in [-0.1, -0.05) is 5.43 Å². The number of nitro groups is 1. The van der Waals surface area contributed by atoms with Crippen LogP contribution in [0.25, 0.3) is 0 Å². The van der Waals surface area contributed by atoms with E-state index >= 15 is 0 Å². The summed E-state index contributed by atoms with van der Waals surface area (Å²) in [6.07, 6.45) is 0. The summed E-state index contributed by atoms with van der Waals surface area (Å²) >= 11 is 0. The third-order valence-corrected chi connectivity index (χ3v) is 1.63. The number of likely N-dealkylation sites (N-methyl/N-ethyl adjacent to an activating group) is 2. The molecule has 1 unspecified atom stereocenters. The molecule has 0 aliphatic heterocycles. The van der Waals surface area contributed by atoms with Crippen molar-refractivity contribution in [1.82, 2.24) is 15.6 Å². The molecule has 0 saturated carbocycles. The van der Waals surface area contributed by atoms with Gasteiger partial charge in [0.05, 0.1) is 0 Å². The van der Waals surface area contributed by atoms with Crippen LogP contribution in [0.5, 0.6) is 0 Å². The van der Waals surface area contributed by atoms with Crippen LogP contribution in [0.3, 0.4) is 0 Å². The van der Waals surface area contributed by atoms with Crippen molar-refractivity contribution >= 4 is 5.91 Å². The minimum absolute atomic E-state index is 0.926. The Kier molecular flexibility index (Phi) is 3.72. The number of nitrogens with one attached hydrogen (secondary N) is 2. The van der Waals surface area contributed by atoms with Gasteiger partial charge in [0.15, 0.2) is 5.03 Å². The second-order valence-electron chi connectivity index (χ2n) is 2.61. The number of hydrogen-bond acceptors (Lipinski definition) is 6. The summed E-state index contributed by atoms with van der Waals surface area (Å²) in [5, 5.41) is 11.5. The van der Waals surface area contributed by atoms with Gasteiger partial charge < -0.3 is 0 Å². The quantitative estimate of drug-likeness (QED) is 0.261. The van der Waals surface area contributed by atoms with E-state index in [1.54, 1.807) is 0 Å². The highest BCUT2D eigenvalue weighted by molar-refractivity contribution is 5.83. The van der Waals surface area contributed by atoms with Crippen LogP contribution in [0, 0.1) is 10.1 Å². The van der Waals surface area contributed by atoms with Gasteiger partial charge in [-0.15, -0.1) is 0 Å². The van der Waals surface area contributed by atoms with Crippen LogP contribution in [0.15, 0.2) is 0 Å². The molecule has 8 nitrogen and oxygen atoms in total. The molecule has 0 saturated heterocycles. The highest BCUT2D eigenvalue weighted by atomic mass is 16.7. The molecule has 4 N–H and O–H groups in total. The molecule has 13 heavy (non-hydrogen) atoms. The Hall–Kier alpha value is -1.25. The summed E-state index contributed by atoms with van der Waals surface area (Å²) in [5.74, 6) is -2.50. The van der Waals surface area contributed by atoms with Crippen LogP contribution in [0.4, 0.5) is 0 Å². The van der Waals surface area contributed by atoms with E-state index in [9.17, 15) is 14.9 Å². The Morgan fingerprint density at radius 3 is 2.31 bits per heavy atom. The second kappa shape index (κ2) is 4.12. The van der Waals surface area contributed by atoms with E-state index in [0.29, 0.717) is 0 Å². The third kappa shape index (κ3) is 2.61. The summed E-state index contributed by atoms with van der Waals surface area (Å²) in [6.45, 7) is 0. The Morgan fingerprint density at radius 1 is 1.62 bits per heavy atom. The molecule has 0 fully saturated rings. The number of carbonyl (C=O) groups excluding carboxylic acids is 1. The molecular formula is C5H13N5O3. The van der Waals surface area contributed by atoms with Gasteiger partial charge in [0.25, 0.3) is 0 Å². The first kappa shape index (κ1) is 11.8. The summed E-state index contributed by atoms with van der Waals surface area (Å²) in [4.78, 5) is 22.5. The smallest absolute Gasteiger partial charge is 0.292 e. The molecule has 1 atom stereocenters. The van der Waals surface area contributed by atoms with Gasteiger partial charge in [0.1, 0.15) is 0 Å². The maximum atomic E-state index is 11.2. The van der Waals surface area contributed by atoms with E-state index in [1.807, 2.05) is 0 Å². The van der Waals surface area contributed by atoms with Gasteiger partial charge in [-0.3, -0.25) is 20.7 Å². The zero-order valence-electron chi connectivity index (χ0n) is 7.70.